The maximum atomic E-state index is 11.6. The van der Waals surface area contributed by atoms with E-state index in [1.807, 2.05) is 0 Å². The number of aliphatic hydroxyl groups excluding tert-OH is 2. The predicted molar refractivity (Wildman–Crippen MR) is 120 cm³/mol. The van der Waals surface area contributed by atoms with Gasteiger partial charge in [0.2, 0.25) is 0 Å². The molecule has 0 aliphatic carbocycles. The van der Waals surface area contributed by atoms with E-state index < -0.39 is 74.7 Å². The number of hydrogen-bond acceptors (Lipinski definition) is 15. The van der Waals surface area contributed by atoms with Crippen molar-refractivity contribution in [3.05, 3.63) is 0 Å². The van der Waals surface area contributed by atoms with Gasteiger partial charge in [-0.25, -0.2) is 0 Å². The molecule has 0 heterocycles. The minimum atomic E-state index is -1.92. The highest BCUT2D eigenvalue weighted by Gasteiger charge is 2.46. The van der Waals surface area contributed by atoms with Crippen LogP contribution in [0.1, 0.15) is 0 Å². The molecule has 0 radical (unpaired) electrons. The number of thiol groups is 4. The second kappa shape index (κ2) is 15.9. The summed E-state index contributed by atoms with van der Waals surface area (Å²) < 4.78 is 25.7. The van der Waals surface area contributed by atoms with E-state index in [0.717, 1.165) is 0 Å². The Bertz CT molecular complexity index is 512. The van der Waals surface area contributed by atoms with E-state index in [1.54, 1.807) is 0 Å². The van der Waals surface area contributed by atoms with Crippen molar-refractivity contribution in [2.45, 2.75) is 11.2 Å². The van der Waals surface area contributed by atoms with Crippen LogP contribution in [0.25, 0.3) is 0 Å². The zero-order chi connectivity index (χ0) is 23.9. The summed E-state index contributed by atoms with van der Waals surface area (Å²) in [5.74, 6) is -4.26. The van der Waals surface area contributed by atoms with E-state index in [9.17, 15) is 29.4 Å². The van der Waals surface area contributed by atoms with E-state index in [2.05, 4.69) is 50.5 Å². The second-order valence-electron chi connectivity index (χ2n) is 6.06. The predicted octanol–water partition coefficient (Wildman–Crippen LogP) is -1.64. The Hall–Kier alpha value is -0.840. The number of aliphatic hydroxyl groups is 2. The third-order valence-corrected chi connectivity index (χ3v) is 4.54. The topological polar surface area (TPSA) is 155 Å². The van der Waals surface area contributed by atoms with Crippen molar-refractivity contribution in [3.8, 4) is 0 Å². The lowest BCUT2D eigenvalue weighted by Gasteiger charge is -2.40. The van der Waals surface area contributed by atoms with Crippen LogP contribution in [0.5, 0.6) is 0 Å². The highest BCUT2D eigenvalue weighted by atomic mass is 32.1. The van der Waals surface area contributed by atoms with Crippen LogP contribution in [0.3, 0.4) is 0 Å². The lowest BCUT2D eigenvalue weighted by Crippen LogP contribution is -2.59. The van der Waals surface area contributed by atoms with Gasteiger partial charge in [-0.05, 0) is 0 Å². The van der Waals surface area contributed by atoms with Crippen LogP contribution in [0.15, 0.2) is 0 Å². The fraction of sp³-hybridized carbons (Fsp3) is 0.750. The molecule has 0 rings (SSSR count). The highest BCUT2D eigenvalue weighted by Crippen LogP contribution is 2.25. The summed E-state index contributed by atoms with van der Waals surface area (Å²) in [5.41, 5.74) is -3.83. The van der Waals surface area contributed by atoms with Crippen LogP contribution in [-0.4, -0.2) is 108 Å². The summed E-state index contributed by atoms with van der Waals surface area (Å²) in [6, 6.07) is 0. The third kappa shape index (κ3) is 11.5. The van der Waals surface area contributed by atoms with Crippen LogP contribution >= 0.6 is 50.5 Å². The maximum absolute atomic E-state index is 11.6. The van der Waals surface area contributed by atoms with Crippen LogP contribution < -0.4 is 0 Å². The fourth-order valence-electron chi connectivity index (χ4n) is 1.94. The van der Waals surface area contributed by atoms with Crippen molar-refractivity contribution in [1.82, 2.24) is 0 Å². The number of carbonyl (C=O) groups is 4. The van der Waals surface area contributed by atoms with Crippen LogP contribution in [0.4, 0.5) is 0 Å². The van der Waals surface area contributed by atoms with Crippen molar-refractivity contribution in [1.29, 1.82) is 0 Å². The highest BCUT2D eigenvalue weighted by molar-refractivity contribution is 7.81. The molecule has 31 heavy (non-hydrogen) atoms. The van der Waals surface area contributed by atoms with Gasteiger partial charge >= 0.3 is 23.9 Å². The molecule has 2 N–H and O–H groups in total. The molecule has 0 atom stereocenters. The van der Waals surface area contributed by atoms with Gasteiger partial charge in [-0.15, -0.1) is 0 Å². The number of esters is 4. The van der Waals surface area contributed by atoms with Gasteiger partial charge in [0, 0.05) is 0 Å². The Morgan fingerprint density at radius 3 is 0.935 bits per heavy atom. The molecule has 11 nitrogen and oxygen atoms in total. The van der Waals surface area contributed by atoms with E-state index in [-0.39, 0.29) is 23.0 Å². The molecule has 0 aliphatic rings. The standard InChI is InChI=1S/C16H26O11S4/c17-5-15(7-23-11(19)1-28,8-24-12(20)2-29)27-16(6-18,9-25-13(21)3-30)10-26-14(22)4-31/h17-18,28-31H,1-10H2. The summed E-state index contributed by atoms with van der Waals surface area (Å²) in [6.45, 7) is -4.26. The molecule has 180 valence electrons. The van der Waals surface area contributed by atoms with Gasteiger partial charge in [-0.1, -0.05) is 0 Å². The number of ether oxygens (including phenoxy) is 5. The third-order valence-electron chi connectivity index (χ3n) is 3.51. The zero-order valence-electron chi connectivity index (χ0n) is 16.4. The molecule has 15 heteroatoms. The van der Waals surface area contributed by atoms with Gasteiger partial charge < -0.3 is 33.9 Å². The van der Waals surface area contributed by atoms with E-state index in [1.165, 1.54) is 0 Å². The number of hydrogen-bond donors (Lipinski definition) is 6. The van der Waals surface area contributed by atoms with Crippen LogP contribution in [-0.2, 0) is 42.9 Å². The van der Waals surface area contributed by atoms with Gasteiger partial charge in [0.25, 0.3) is 0 Å². The molecule has 0 spiro atoms. The summed E-state index contributed by atoms with van der Waals surface area (Å²) in [6.07, 6.45) is 0. The number of rotatable bonds is 16. The van der Waals surface area contributed by atoms with Crippen molar-refractivity contribution in [2.75, 3.05) is 62.7 Å². The molecular weight excluding hydrogens is 496 g/mol. The first kappa shape index (κ1) is 30.2. The van der Waals surface area contributed by atoms with Crippen LogP contribution in [0.2, 0.25) is 0 Å². The van der Waals surface area contributed by atoms with Crippen molar-refractivity contribution in [2.24, 2.45) is 0 Å². The Balaban J connectivity index is 5.88. The minimum Gasteiger partial charge on any atom is -0.462 e. The molecule has 0 aromatic rings. The van der Waals surface area contributed by atoms with Crippen molar-refractivity contribution < 1.29 is 53.1 Å². The molecular formula is C16H26O11S4. The normalized spacial score (nSPS) is 11.5. The molecule has 0 aromatic heterocycles. The smallest absolute Gasteiger partial charge is 0.315 e. The van der Waals surface area contributed by atoms with Gasteiger partial charge in [0.1, 0.15) is 26.4 Å². The zero-order valence-corrected chi connectivity index (χ0v) is 20.0. The van der Waals surface area contributed by atoms with Gasteiger partial charge in [-0.3, -0.25) is 19.2 Å². The van der Waals surface area contributed by atoms with Crippen molar-refractivity contribution in [3.63, 3.8) is 0 Å². The first-order chi connectivity index (χ1) is 14.6. The van der Waals surface area contributed by atoms with Gasteiger partial charge in [0.15, 0.2) is 11.2 Å². The van der Waals surface area contributed by atoms with E-state index >= 15 is 0 Å². The first-order valence-electron chi connectivity index (χ1n) is 8.63. The molecule has 0 saturated carbocycles. The molecule has 0 amide bonds. The van der Waals surface area contributed by atoms with Crippen LogP contribution in [0, 0.1) is 0 Å². The van der Waals surface area contributed by atoms with Crippen molar-refractivity contribution >= 4 is 74.4 Å². The molecule has 0 fully saturated rings. The average molecular weight is 523 g/mol. The Kier molecular flexibility index (Phi) is 15.4. The molecule has 0 unspecified atom stereocenters. The minimum absolute atomic E-state index is 0.289. The molecule has 0 saturated heterocycles. The number of carbonyl (C=O) groups excluding carboxylic acids is 4. The summed E-state index contributed by atoms with van der Waals surface area (Å²) >= 11 is 15.1. The SMILES string of the molecule is O=C(CS)OCC(CO)(COC(=O)CS)OC(CO)(COC(=O)CS)COC(=O)CS. The molecule has 0 bridgehead atoms. The quantitative estimate of drug-likeness (QED) is 0.0785. The lowest BCUT2D eigenvalue weighted by atomic mass is 10.0. The first-order valence-corrected chi connectivity index (χ1v) is 11.2. The Labute approximate surface area is 201 Å². The second-order valence-corrected chi connectivity index (χ2v) is 7.32. The maximum Gasteiger partial charge on any atom is 0.315 e. The Morgan fingerprint density at radius 2 is 0.774 bits per heavy atom. The summed E-state index contributed by atoms with van der Waals surface area (Å²) in [5, 5.41) is 20.0. The summed E-state index contributed by atoms with van der Waals surface area (Å²) in [7, 11) is 0. The Morgan fingerprint density at radius 1 is 0.548 bits per heavy atom. The largest absolute Gasteiger partial charge is 0.462 e. The summed E-state index contributed by atoms with van der Waals surface area (Å²) in [4.78, 5) is 46.2. The molecule has 0 aromatic carbocycles. The van der Waals surface area contributed by atoms with Gasteiger partial charge in [0.05, 0.1) is 36.2 Å². The van der Waals surface area contributed by atoms with E-state index in [4.69, 9.17) is 23.7 Å². The lowest BCUT2D eigenvalue weighted by molar-refractivity contribution is -0.249. The monoisotopic (exact) mass is 522 g/mol. The van der Waals surface area contributed by atoms with Gasteiger partial charge in [-0.2, -0.15) is 50.5 Å². The van der Waals surface area contributed by atoms with E-state index in [0.29, 0.717) is 0 Å². The average Bonchev–Trinajstić information content (AvgIpc) is 2.81. The molecule has 0 aliphatic heterocycles. The fourth-order valence-corrected chi connectivity index (χ4v) is 2.30.